The zero-order valence-corrected chi connectivity index (χ0v) is 20.0. The lowest BCUT2D eigenvalue weighted by atomic mass is 10.0. The van der Waals surface area contributed by atoms with Crippen molar-refractivity contribution in [2.45, 2.75) is 52.2 Å². The fraction of sp³-hybridized carbons (Fsp3) is 0.667. The molecule has 0 atom stereocenters. The van der Waals surface area contributed by atoms with Crippen LogP contribution in [0, 0.1) is 0 Å². The van der Waals surface area contributed by atoms with E-state index in [0.29, 0.717) is 6.54 Å². The van der Waals surface area contributed by atoms with Gasteiger partial charge in [0.1, 0.15) is 0 Å². The number of nitrogens with zero attached hydrogens (tertiary/aromatic N) is 3. The van der Waals surface area contributed by atoms with Crippen LogP contribution in [0.5, 0.6) is 0 Å². The Bertz CT molecular complexity index is 562. The van der Waals surface area contributed by atoms with Crippen molar-refractivity contribution < 1.29 is 0 Å². The molecule has 27 heavy (non-hydrogen) atoms. The Labute approximate surface area is 183 Å². The molecule has 2 N–H and O–H groups in total. The molecule has 6 heteroatoms. The van der Waals surface area contributed by atoms with Crippen molar-refractivity contribution in [3.8, 4) is 0 Å². The van der Waals surface area contributed by atoms with Gasteiger partial charge in [-0.1, -0.05) is 24.3 Å². The van der Waals surface area contributed by atoms with Gasteiger partial charge >= 0.3 is 0 Å². The zero-order chi connectivity index (χ0) is 19.0. The van der Waals surface area contributed by atoms with Crippen molar-refractivity contribution in [2.24, 2.45) is 4.99 Å². The molecule has 5 nitrogen and oxygen atoms in total. The number of benzene rings is 1. The summed E-state index contributed by atoms with van der Waals surface area (Å²) in [6.07, 6.45) is 2.69. The van der Waals surface area contributed by atoms with Crippen LogP contribution in [-0.2, 0) is 13.1 Å². The van der Waals surface area contributed by atoms with Crippen molar-refractivity contribution in [3.05, 3.63) is 35.4 Å². The predicted octanol–water partition coefficient (Wildman–Crippen LogP) is 3.30. The summed E-state index contributed by atoms with van der Waals surface area (Å²) in [7, 11) is 4.21. The van der Waals surface area contributed by atoms with Crippen LogP contribution < -0.4 is 10.6 Å². The number of guanidine groups is 1. The number of hydrogen-bond acceptors (Lipinski definition) is 3. The molecule has 0 unspecified atom stereocenters. The van der Waals surface area contributed by atoms with Crippen LogP contribution in [0.1, 0.15) is 44.7 Å². The quantitative estimate of drug-likeness (QED) is 0.336. The summed E-state index contributed by atoms with van der Waals surface area (Å²) >= 11 is 0. The molecule has 0 saturated carbocycles. The van der Waals surface area contributed by atoms with Crippen molar-refractivity contribution in [2.75, 3.05) is 40.3 Å². The molecule has 1 aromatic rings. The lowest BCUT2D eigenvalue weighted by Gasteiger charge is -2.33. The van der Waals surface area contributed by atoms with Crippen LogP contribution in [0.3, 0.4) is 0 Å². The second kappa shape index (κ2) is 11.9. The van der Waals surface area contributed by atoms with Gasteiger partial charge in [-0.2, -0.15) is 0 Å². The average Bonchev–Trinajstić information content (AvgIpc) is 3.11. The summed E-state index contributed by atoms with van der Waals surface area (Å²) in [6.45, 7) is 12.5. The first-order valence-corrected chi connectivity index (χ1v) is 9.90. The van der Waals surface area contributed by atoms with E-state index < -0.39 is 0 Å². The number of halogens is 1. The Kier molecular flexibility index (Phi) is 10.6. The smallest absolute Gasteiger partial charge is 0.191 e. The highest BCUT2D eigenvalue weighted by atomic mass is 127. The Hall–Kier alpha value is -0.860. The van der Waals surface area contributed by atoms with E-state index in [1.165, 1.54) is 37.1 Å². The Morgan fingerprint density at radius 3 is 2.22 bits per heavy atom. The van der Waals surface area contributed by atoms with Gasteiger partial charge in [-0.3, -0.25) is 4.90 Å². The van der Waals surface area contributed by atoms with E-state index in [1.54, 1.807) is 0 Å². The highest BCUT2D eigenvalue weighted by molar-refractivity contribution is 14.0. The van der Waals surface area contributed by atoms with Crippen LogP contribution >= 0.6 is 24.0 Å². The van der Waals surface area contributed by atoms with E-state index in [2.05, 4.69) is 79.6 Å². The van der Waals surface area contributed by atoms with Crippen molar-refractivity contribution in [3.63, 3.8) is 0 Å². The standard InChI is InChI=1S/C21H37N5.HI/c1-6-22-20(24-17-21(2,3)25(4)5)23-15-18-9-11-19(12-10-18)16-26-13-7-8-14-26;/h9-12H,6-8,13-17H2,1-5H3,(H2,22,23,24);1H. The van der Waals surface area contributed by atoms with Crippen LogP contribution in [0.4, 0.5) is 0 Å². The maximum atomic E-state index is 4.74. The SMILES string of the molecule is CCNC(=NCc1ccc(CN2CCCC2)cc1)NCC(C)(C)N(C)C.I. The lowest BCUT2D eigenvalue weighted by Crippen LogP contribution is -2.50. The first kappa shape index (κ1) is 24.2. The summed E-state index contributed by atoms with van der Waals surface area (Å²) in [5.74, 6) is 0.878. The van der Waals surface area contributed by atoms with Gasteiger partial charge in [-0.15, -0.1) is 24.0 Å². The molecule has 1 aliphatic heterocycles. The van der Waals surface area contributed by atoms with Gasteiger partial charge in [0.2, 0.25) is 0 Å². The molecule has 1 heterocycles. The van der Waals surface area contributed by atoms with Gasteiger partial charge < -0.3 is 15.5 Å². The number of likely N-dealkylation sites (tertiary alicyclic amines) is 1. The summed E-state index contributed by atoms with van der Waals surface area (Å²) < 4.78 is 0. The number of likely N-dealkylation sites (N-methyl/N-ethyl adjacent to an activating group) is 1. The molecule has 1 saturated heterocycles. The highest BCUT2D eigenvalue weighted by Gasteiger charge is 2.20. The first-order valence-electron chi connectivity index (χ1n) is 9.90. The second-order valence-corrected chi connectivity index (χ2v) is 8.06. The fourth-order valence-corrected chi connectivity index (χ4v) is 2.92. The Morgan fingerprint density at radius 1 is 1.07 bits per heavy atom. The van der Waals surface area contributed by atoms with Crippen molar-refractivity contribution >= 4 is 29.9 Å². The molecule has 2 rings (SSSR count). The number of nitrogens with one attached hydrogen (secondary N) is 2. The molecule has 154 valence electrons. The predicted molar refractivity (Wildman–Crippen MR) is 127 cm³/mol. The molecule has 0 amide bonds. The van der Waals surface area contributed by atoms with Crippen molar-refractivity contribution in [1.82, 2.24) is 20.4 Å². The highest BCUT2D eigenvalue weighted by Crippen LogP contribution is 2.13. The number of rotatable bonds is 8. The minimum absolute atomic E-state index is 0. The van der Waals surface area contributed by atoms with E-state index >= 15 is 0 Å². The van der Waals surface area contributed by atoms with Gasteiger partial charge in [-0.05, 0) is 71.9 Å². The summed E-state index contributed by atoms with van der Waals surface area (Å²) in [5.41, 5.74) is 2.73. The molecule has 0 aliphatic carbocycles. The van der Waals surface area contributed by atoms with Gasteiger partial charge in [-0.25, -0.2) is 4.99 Å². The normalized spacial score (nSPS) is 15.7. The van der Waals surface area contributed by atoms with Crippen LogP contribution in [0.15, 0.2) is 29.3 Å². The fourth-order valence-electron chi connectivity index (χ4n) is 2.92. The molecule has 1 aromatic carbocycles. The largest absolute Gasteiger partial charge is 0.357 e. The second-order valence-electron chi connectivity index (χ2n) is 8.06. The van der Waals surface area contributed by atoms with Crippen LogP contribution in [-0.4, -0.2) is 61.6 Å². The monoisotopic (exact) mass is 487 g/mol. The molecular formula is C21H38IN5. The maximum Gasteiger partial charge on any atom is 0.191 e. The molecular weight excluding hydrogens is 449 g/mol. The molecule has 0 aromatic heterocycles. The van der Waals surface area contributed by atoms with Gasteiger partial charge in [0.25, 0.3) is 0 Å². The topological polar surface area (TPSA) is 42.9 Å². The zero-order valence-electron chi connectivity index (χ0n) is 17.7. The number of hydrogen-bond donors (Lipinski definition) is 2. The minimum atomic E-state index is 0. The maximum absolute atomic E-state index is 4.74. The third-order valence-corrected chi connectivity index (χ3v) is 5.29. The van der Waals surface area contributed by atoms with E-state index in [4.69, 9.17) is 4.99 Å². The van der Waals surface area contributed by atoms with Crippen LogP contribution in [0.25, 0.3) is 0 Å². The first-order chi connectivity index (χ1) is 12.4. The Morgan fingerprint density at radius 2 is 1.67 bits per heavy atom. The summed E-state index contributed by atoms with van der Waals surface area (Å²) in [4.78, 5) is 9.50. The van der Waals surface area contributed by atoms with E-state index in [9.17, 15) is 0 Å². The summed E-state index contributed by atoms with van der Waals surface area (Å²) in [6, 6.07) is 8.92. The Balaban J connectivity index is 0.00000364. The van der Waals surface area contributed by atoms with Crippen LogP contribution in [0.2, 0.25) is 0 Å². The van der Waals surface area contributed by atoms with E-state index in [0.717, 1.165) is 25.6 Å². The summed E-state index contributed by atoms with van der Waals surface area (Å²) in [5, 5.41) is 6.80. The van der Waals surface area contributed by atoms with E-state index in [-0.39, 0.29) is 29.5 Å². The molecule has 1 aliphatic rings. The van der Waals surface area contributed by atoms with Crippen molar-refractivity contribution in [1.29, 1.82) is 0 Å². The third kappa shape index (κ3) is 8.35. The van der Waals surface area contributed by atoms with Gasteiger partial charge in [0, 0.05) is 25.2 Å². The average molecular weight is 487 g/mol. The molecule has 0 spiro atoms. The third-order valence-electron chi connectivity index (χ3n) is 5.29. The van der Waals surface area contributed by atoms with Gasteiger partial charge in [0.05, 0.1) is 6.54 Å². The number of aliphatic imine (C=N–C) groups is 1. The minimum Gasteiger partial charge on any atom is -0.357 e. The van der Waals surface area contributed by atoms with E-state index in [1.807, 2.05) is 0 Å². The molecule has 0 radical (unpaired) electrons. The molecule has 1 fully saturated rings. The van der Waals surface area contributed by atoms with Gasteiger partial charge in [0.15, 0.2) is 5.96 Å². The lowest BCUT2D eigenvalue weighted by molar-refractivity contribution is 0.197. The molecule has 0 bridgehead atoms.